The SMILES string of the molecule is CC=CC=CCCCCCCCCCCCCCC. The van der Waals surface area contributed by atoms with Crippen molar-refractivity contribution in [1.29, 1.82) is 0 Å². The van der Waals surface area contributed by atoms with Crippen molar-refractivity contribution in [2.75, 3.05) is 0 Å². The molecule has 0 bridgehead atoms. The standard InChI is InChI=1S/C19H36/c1-3-5-7-9-11-13-15-17-19-18-16-14-12-10-8-6-4-2/h3,5,7,9H,4,6,8,10-19H2,1-2H3. The molecular formula is C19H36. The summed E-state index contributed by atoms with van der Waals surface area (Å²) in [5.41, 5.74) is 0. The lowest BCUT2D eigenvalue weighted by atomic mass is 10.0. The van der Waals surface area contributed by atoms with Gasteiger partial charge in [-0.25, -0.2) is 0 Å². The fraction of sp³-hybridized carbons (Fsp3) is 0.789. The second-order valence-electron chi connectivity index (χ2n) is 5.63. The number of hydrogen-bond donors (Lipinski definition) is 0. The van der Waals surface area contributed by atoms with Crippen molar-refractivity contribution in [3.05, 3.63) is 24.3 Å². The second kappa shape index (κ2) is 17.5. The van der Waals surface area contributed by atoms with E-state index < -0.39 is 0 Å². The Hall–Kier alpha value is -0.520. The van der Waals surface area contributed by atoms with Gasteiger partial charge in [-0.3, -0.25) is 0 Å². The van der Waals surface area contributed by atoms with E-state index in [2.05, 4.69) is 38.2 Å². The molecule has 0 saturated heterocycles. The molecule has 112 valence electrons. The third kappa shape index (κ3) is 17.5. The molecule has 0 saturated carbocycles. The average Bonchev–Trinajstić information content (AvgIpc) is 2.43. The van der Waals surface area contributed by atoms with Crippen molar-refractivity contribution >= 4 is 0 Å². The zero-order valence-corrected chi connectivity index (χ0v) is 13.5. The summed E-state index contributed by atoms with van der Waals surface area (Å²) in [6.07, 6.45) is 27.1. The van der Waals surface area contributed by atoms with E-state index in [1.807, 2.05) is 0 Å². The maximum absolute atomic E-state index is 2.29. The molecule has 0 spiro atoms. The Morgan fingerprint density at radius 3 is 1.53 bits per heavy atom. The molecule has 0 aromatic carbocycles. The fourth-order valence-electron chi connectivity index (χ4n) is 2.39. The second-order valence-corrected chi connectivity index (χ2v) is 5.63. The van der Waals surface area contributed by atoms with Gasteiger partial charge in [0.25, 0.3) is 0 Å². The first-order valence-corrected chi connectivity index (χ1v) is 8.69. The number of hydrogen-bond acceptors (Lipinski definition) is 0. The smallest absolute Gasteiger partial charge is 0.0348 e. The lowest BCUT2D eigenvalue weighted by molar-refractivity contribution is 0.545. The summed E-state index contributed by atoms with van der Waals surface area (Å²) in [5.74, 6) is 0. The monoisotopic (exact) mass is 264 g/mol. The highest BCUT2D eigenvalue weighted by molar-refractivity contribution is 5.00. The fourth-order valence-corrected chi connectivity index (χ4v) is 2.39. The van der Waals surface area contributed by atoms with Crippen LogP contribution < -0.4 is 0 Å². The molecule has 0 amide bonds. The summed E-state index contributed by atoms with van der Waals surface area (Å²) in [6.45, 7) is 4.35. The van der Waals surface area contributed by atoms with Gasteiger partial charge in [-0.2, -0.15) is 0 Å². The van der Waals surface area contributed by atoms with Crippen LogP contribution >= 0.6 is 0 Å². The summed E-state index contributed by atoms with van der Waals surface area (Å²) >= 11 is 0. The third-order valence-electron chi connectivity index (χ3n) is 3.66. The predicted molar refractivity (Wildman–Crippen MR) is 89.6 cm³/mol. The van der Waals surface area contributed by atoms with Gasteiger partial charge in [-0.15, -0.1) is 0 Å². The number of rotatable bonds is 14. The van der Waals surface area contributed by atoms with Crippen LogP contribution in [-0.4, -0.2) is 0 Å². The molecule has 0 heteroatoms. The molecule has 0 aliphatic heterocycles. The molecule has 0 radical (unpaired) electrons. The topological polar surface area (TPSA) is 0 Å². The Labute approximate surface area is 122 Å². The molecule has 0 aliphatic carbocycles. The molecule has 0 rings (SSSR count). The lowest BCUT2D eigenvalue weighted by Crippen LogP contribution is -1.82. The van der Waals surface area contributed by atoms with Crippen LogP contribution in [0.4, 0.5) is 0 Å². The molecule has 0 aromatic heterocycles. The predicted octanol–water partition coefficient (Wildman–Crippen LogP) is 7.21. The molecule has 0 unspecified atom stereocenters. The van der Waals surface area contributed by atoms with Crippen molar-refractivity contribution in [2.45, 2.75) is 97.3 Å². The van der Waals surface area contributed by atoms with Gasteiger partial charge < -0.3 is 0 Å². The Morgan fingerprint density at radius 2 is 1.05 bits per heavy atom. The first kappa shape index (κ1) is 18.5. The van der Waals surface area contributed by atoms with Crippen LogP contribution in [0.2, 0.25) is 0 Å². The summed E-state index contributed by atoms with van der Waals surface area (Å²) in [7, 11) is 0. The largest absolute Gasteiger partial charge is 0.0877 e. The molecule has 0 atom stereocenters. The Morgan fingerprint density at radius 1 is 0.579 bits per heavy atom. The third-order valence-corrected chi connectivity index (χ3v) is 3.66. The van der Waals surface area contributed by atoms with Crippen LogP contribution in [0.5, 0.6) is 0 Å². The molecule has 19 heavy (non-hydrogen) atoms. The first-order chi connectivity index (χ1) is 9.41. The molecule has 0 N–H and O–H groups in total. The summed E-state index contributed by atoms with van der Waals surface area (Å²) in [4.78, 5) is 0. The molecule has 0 nitrogen and oxygen atoms in total. The van der Waals surface area contributed by atoms with E-state index in [-0.39, 0.29) is 0 Å². The van der Waals surface area contributed by atoms with Crippen LogP contribution in [-0.2, 0) is 0 Å². The Balaban J connectivity index is 2.99. The summed E-state index contributed by atoms with van der Waals surface area (Å²) in [6, 6.07) is 0. The van der Waals surface area contributed by atoms with E-state index in [0.717, 1.165) is 0 Å². The summed E-state index contributed by atoms with van der Waals surface area (Å²) in [5, 5.41) is 0. The highest BCUT2D eigenvalue weighted by Crippen LogP contribution is 2.12. The highest BCUT2D eigenvalue weighted by atomic mass is 14.0. The van der Waals surface area contributed by atoms with Crippen LogP contribution in [0.25, 0.3) is 0 Å². The first-order valence-electron chi connectivity index (χ1n) is 8.69. The molecule has 0 fully saturated rings. The molecule has 0 aliphatic rings. The Kier molecular flexibility index (Phi) is 17.0. The quantitative estimate of drug-likeness (QED) is 0.230. The van der Waals surface area contributed by atoms with Crippen molar-refractivity contribution in [3.8, 4) is 0 Å². The van der Waals surface area contributed by atoms with E-state index in [9.17, 15) is 0 Å². The minimum atomic E-state index is 1.25. The van der Waals surface area contributed by atoms with Gasteiger partial charge in [0.05, 0.1) is 0 Å². The van der Waals surface area contributed by atoms with Crippen molar-refractivity contribution < 1.29 is 0 Å². The van der Waals surface area contributed by atoms with Gasteiger partial charge >= 0.3 is 0 Å². The van der Waals surface area contributed by atoms with E-state index in [0.29, 0.717) is 0 Å². The number of allylic oxidation sites excluding steroid dienone is 4. The van der Waals surface area contributed by atoms with Crippen LogP contribution in [0.3, 0.4) is 0 Å². The van der Waals surface area contributed by atoms with Crippen LogP contribution in [0, 0.1) is 0 Å². The van der Waals surface area contributed by atoms with Gasteiger partial charge in [0.15, 0.2) is 0 Å². The van der Waals surface area contributed by atoms with E-state index in [1.54, 1.807) is 0 Å². The van der Waals surface area contributed by atoms with Crippen LogP contribution in [0.1, 0.15) is 97.3 Å². The van der Waals surface area contributed by atoms with Crippen molar-refractivity contribution in [3.63, 3.8) is 0 Å². The number of unbranched alkanes of at least 4 members (excludes halogenated alkanes) is 12. The van der Waals surface area contributed by atoms with Crippen LogP contribution in [0.15, 0.2) is 24.3 Å². The highest BCUT2D eigenvalue weighted by Gasteiger charge is 1.92. The van der Waals surface area contributed by atoms with Gasteiger partial charge in [0.2, 0.25) is 0 Å². The molecule has 0 heterocycles. The van der Waals surface area contributed by atoms with Crippen molar-refractivity contribution in [2.24, 2.45) is 0 Å². The maximum Gasteiger partial charge on any atom is -0.0348 e. The minimum Gasteiger partial charge on any atom is -0.0877 e. The summed E-state index contributed by atoms with van der Waals surface area (Å²) < 4.78 is 0. The van der Waals surface area contributed by atoms with E-state index in [1.165, 1.54) is 83.5 Å². The average molecular weight is 264 g/mol. The van der Waals surface area contributed by atoms with Gasteiger partial charge in [-0.1, -0.05) is 102 Å². The van der Waals surface area contributed by atoms with Gasteiger partial charge in [-0.05, 0) is 19.8 Å². The van der Waals surface area contributed by atoms with Crippen molar-refractivity contribution in [1.82, 2.24) is 0 Å². The lowest BCUT2D eigenvalue weighted by Gasteiger charge is -2.02. The van der Waals surface area contributed by atoms with E-state index in [4.69, 9.17) is 0 Å². The minimum absolute atomic E-state index is 1.25. The molecular weight excluding hydrogens is 228 g/mol. The van der Waals surface area contributed by atoms with Gasteiger partial charge in [0, 0.05) is 0 Å². The van der Waals surface area contributed by atoms with Gasteiger partial charge in [0.1, 0.15) is 0 Å². The molecule has 0 aromatic rings. The zero-order chi connectivity index (χ0) is 14.0. The zero-order valence-electron chi connectivity index (χ0n) is 13.5. The normalized spacial score (nSPS) is 11.9. The Bertz CT molecular complexity index is 200. The maximum atomic E-state index is 2.29. The van der Waals surface area contributed by atoms with E-state index >= 15 is 0 Å².